The molecule has 1 aromatic carbocycles. The maximum Gasteiger partial charge on any atom is 0.224 e. The van der Waals surface area contributed by atoms with E-state index in [0.717, 1.165) is 11.3 Å². The Morgan fingerprint density at radius 2 is 1.96 bits per heavy atom. The van der Waals surface area contributed by atoms with Crippen molar-refractivity contribution in [2.45, 2.75) is 44.4 Å². The fourth-order valence-electron chi connectivity index (χ4n) is 2.95. The number of hydrogen-bond acceptors (Lipinski definition) is 5. The molecule has 0 radical (unpaired) electrons. The molecule has 3 rings (SSSR count). The Balaban J connectivity index is 1.62. The Labute approximate surface area is 153 Å². The number of rotatable bonds is 5. The summed E-state index contributed by atoms with van der Waals surface area (Å²) in [6, 6.07) is 8.44. The predicted molar refractivity (Wildman–Crippen MR) is 96.1 cm³/mol. The number of carbonyl (C=O) groups is 1. The van der Waals surface area contributed by atoms with Crippen molar-refractivity contribution in [1.29, 1.82) is 0 Å². The van der Waals surface area contributed by atoms with Gasteiger partial charge in [-0.15, -0.1) is 0 Å². The lowest BCUT2D eigenvalue weighted by Gasteiger charge is -2.27. The van der Waals surface area contributed by atoms with Crippen molar-refractivity contribution < 1.29 is 18.3 Å². The summed E-state index contributed by atoms with van der Waals surface area (Å²) in [5, 5.41) is 13.9. The molecule has 2 aromatic rings. The average Bonchev–Trinajstić information content (AvgIpc) is 3.03. The summed E-state index contributed by atoms with van der Waals surface area (Å²) in [7, 11) is -3.48. The minimum atomic E-state index is -3.48. The van der Waals surface area contributed by atoms with Crippen molar-refractivity contribution in [3.63, 3.8) is 0 Å². The molecule has 0 saturated heterocycles. The van der Waals surface area contributed by atoms with Crippen LogP contribution in [0.2, 0.25) is 0 Å². The van der Waals surface area contributed by atoms with Gasteiger partial charge in [-0.3, -0.25) is 9.48 Å². The van der Waals surface area contributed by atoms with Crippen LogP contribution in [0.15, 0.2) is 35.2 Å². The minimum Gasteiger partial charge on any atom is -0.387 e. The van der Waals surface area contributed by atoms with E-state index in [-0.39, 0.29) is 23.0 Å². The Morgan fingerprint density at radius 1 is 1.27 bits per heavy atom. The minimum absolute atomic E-state index is 0.0480. The summed E-state index contributed by atoms with van der Waals surface area (Å²) in [5.41, 5.74) is 2.42. The molecule has 0 spiro atoms. The lowest BCUT2D eigenvalue weighted by molar-refractivity contribution is -0.132. The monoisotopic (exact) mass is 377 g/mol. The third-order valence-electron chi connectivity index (χ3n) is 4.56. The normalized spacial score (nSPS) is 15.6. The Hall–Kier alpha value is -2.19. The molecule has 8 heteroatoms. The van der Waals surface area contributed by atoms with Gasteiger partial charge in [-0.1, -0.05) is 17.7 Å². The van der Waals surface area contributed by atoms with Gasteiger partial charge in [0.2, 0.25) is 5.91 Å². The van der Waals surface area contributed by atoms with Gasteiger partial charge in [0.25, 0.3) is 0 Å². The first-order valence-electron chi connectivity index (χ1n) is 8.58. The number of benzene rings is 1. The number of aliphatic hydroxyl groups excluding tert-OH is 1. The standard InChI is InChI=1S/C18H23N3O4S/c1-13-3-5-16(6-4-13)26(24,25)10-7-18(23)20-8-9-21-15(12-20)11-17(19-21)14(2)22/h3-6,11,14,22H,7-10,12H2,1-2H3. The number of amides is 1. The van der Waals surface area contributed by atoms with E-state index in [1.807, 2.05) is 6.92 Å². The van der Waals surface area contributed by atoms with Gasteiger partial charge in [-0.25, -0.2) is 8.42 Å². The molecule has 1 atom stereocenters. The third kappa shape index (κ3) is 3.96. The molecule has 1 unspecified atom stereocenters. The second kappa shape index (κ2) is 7.20. The first-order valence-corrected chi connectivity index (χ1v) is 10.2. The van der Waals surface area contributed by atoms with Gasteiger partial charge in [-0.05, 0) is 32.0 Å². The zero-order chi connectivity index (χ0) is 18.9. The van der Waals surface area contributed by atoms with Gasteiger partial charge >= 0.3 is 0 Å². The van der Waals surface area contributed by atoms with Crippen LogP contribution in [-0.2, 0) is 27.7 Å². The second-order valence-electron chi connectivity index (χ2n) is 6.66. The maximum atomic E-state index is 12.5. The van der Waals surface area contributed by atoms with Crippen molar-refractivity contribution in [2.75, 3.05) is 12.3 Å². The smallest absolute Gasteiger partial charge is 0.224 e. The van der Waals surface area contributed by atoms with Crippen molar-refractivity contribution in [1.82, 2.24) is 14.7 Å². The number of carbonyl (C=O) groups excluding carboxylic acids is 1. The highest BCUT2D eigenvalue weighted by Crippen LogP contribution is 2.19. The van der Waals surface area contributed by atoms with Crippen LogP contribution < -0.4 is 0 Å². The number of fused-ring (bicyclic) bond motifs is 1. The van der Waals surface area contributed by atoms with Gasteiger partial charge < -0.3 is 10.0 Å². The van der Waals surface area contributed by atoms with Crippen LogP contribution in [0, 0.1) is 6.92 Å². The van der Waals surface area contributed by atoms with Crippen molar-refractivity contribution in [3.8, 4) is 0 Å². The number of aliphatic hydroxyl groups is 1. The van der Waals surface area contributed by atoms with E-state index < -0.39 is 15.9 Å². The number of nitrogens with zero attached hydrogens (tertiary/aromatic N) is 3. The number of aromatic nitrogens is 2. The molecule has 1 N–H and O–H groups in total. The number of aryl methyl sites for hydroxylation is 1. The molecule has 1 amide bonds. The van der Waals surface area contributed by atoms with Crippen LogP contribution in [0.25, 0.3) is 0 Å². The van der Waals surface area contributed by atoms with Gasteiger partial charge in [-0.2, -0.15) is 5.10 Å². The fourth-order valence-corrected chi connectivity index (χ4v) is 4.18. The zero-order valence-corrected chi connectivity index (χ0v) is 15.7. The average molecular weight is 377 g/mol. The van der Waals surface area contributed by atoms with Gasteiger partial charge in [0.1, 0.15) is 0 Å². The van der Waals surface area contributed by atoms with Crippen LogP contribution >= 0.6 is 0 Å². The van der Waals surface area contributed by atoms with E-state index in [9.17, 15) is 18.3 Å². The molecule has 1 aliphatic heterocycles. The molecule has 7 nitrogen and oxygen atoms in total. The van der Waals surface area contributed by atoms with Crippen LogP contribution in [0.5, 0.6) is 0 Å². The molecular formula is C18H23N3O4S. The van der Waals surface area contributed by atoms with Crippen molar-refractivity contribution in [3.05, 3.63) is 47.3 Å². The first-order chi connectivity index (χ1) is 12.3. The molecule has 0 bridgehead atoms. The van der Waals surface area contributed by atoms with Gasteiger partial charge in [0.05, 0.1) is 41.2 Å². The lowest BCUT2D eigenvalue weighted by Crippen LogP contribution is -2.39. The highest BCUT2D eigenvalue weighted by Gasteiger charge is 2.25. The van der Waals surface area contributed by atoms with E-state index in [1.165, 1.54) is 0 Å². The van der Waals surface area contributed by atoms with Crippen LogP contribution in [0.1, 0.15) is 36.4 Å². The second-order valence-corrected chi connectivity index (χ2v) is 8.77. The summed E-state index contributed by atoms with van der Waals surface area (Å²) in [6.45, 7) is 4.94. The van der Waals surface area contributed by atoms with E-state index in [1.54, 1.807) is 46.8 Å². The molecule has 0 fully saturated rings. The van der Waals surface area contributed by atoms with E-state index in [4.69, 9.17) is 0 Å². The molecule has 1 aromatic heterocycles. The largest absolute Gasteiger partial charge is 0.387 e. The van der Waals surface area contributed by atoms with Crippen LogP contribution in [-0.4, -0.2) is 46.4 Å². The molecule has 140 valence electrons. The van der Waals surface area contributed by atoms with E-state index in [2.05, 4.69) is 5.10 Å². The summed E-state index contributed by atoms with van der Waals surface area (Å²) in [4.78, 5) is 14.4. The van der Waals surface area contributed by atoms with Crippen LogP contribution in [0.3, 0.4) is 0 Å². The van der Waals surface area contributed by atoms with Crippen LogP contribution in [0.4, 0.5) is 0 Å². The predicted octanol–water partition coefficient (Wildman–Crippen LogP) is 1.45. The molecule has 0 saturated carbocycles. The number of hydrogen-bond donors (Lipinski definition) is 1. The Kier molecular flexibility index (Phi) is 5.15. The zero-order valence-electron chi connectivity index (χ0n) is 14.9. The highest BCUT2D eigenvalue weighted by atomic mass is 32.2. The maximum absolute atomic E-state index is 12.5. The lowest BCUT2D eigenvalue weighted by atomic mass is 10.2. The van der Waals surface area contributed by atoms with Crippen molar-refractivity contribution in [2.24, 2.45) is 0 Å². The summed E-state index contributed by atoms with van der Waals surface area (Å²) in [5.74, 6) is -0.393. The quantitative estimate of drug-likeness (QED) is 0.851. The topological polar surface area (TPSA) is 92.5 Å². The summed E-state index contributed by atoms with van der Waals surface area (Å²) >= 11 is 0. The SMILES string of the molecule is Cc1ccc(S(=O)(=O)CCC(=O)N2CCn3nc(C(C)O)cc3C2)cc1. The first kappa shape index (κ1) is 18.6. The molecule has 26 heavy (non-hydrogen) atoms. The third-order valence-corrected chi connectivity index (χ3v) is 6.29. The molecule has 2 heterocycles. The molecule has 0 aliphatic carbocycles. The highest BCUT2D eigenvalue weighted by molar-refractivity contribution is 7.91. The van der Waals surface area contributed by atoms with E-state index in [0.29, 0.717) is 25.3 Å². The summed E-state index contributed by atoms with van der Waals surface area (Å²) in [6.07, 6.45) is -0.704. The Morgan fingerprint density at radius 3 is 2.62 bits per heavy atom. The van der Waals surface area contributed by atoms with Gasteiger partial charge in [0.15, 0.2) is 9.84 Å². The van der Waals surface area contributed by atoms with Crippen molar-refractivity contribution >= 4 is 15.7 Å². The number of sulfone groups is 1. The summed E-state index contributed by atoms with van der Waals surface area (Å²) < 4.78 is 26.6. The van der Waals surface area contributed by atoms with Gasteiger partial charge in [0, 0.05) is 13.0 Å². The molecule has 1 aliphatic rings. The fraction of sp³-hybridized carbons (Fsp3) is 0.444. The van der Waals surface area contributed by atoms with E-state index >= 15 is 0 Å². The molecular weight excluding hydrogens is 354 g/mol. The Bertz CT molecular complexity index is 901.